The number of anilines is 2. The lowest BCUT2D eigenvalue weighted by Gasteiger charge is -2.15. The van der Waals surface area contributed by atoms with E-state index in [1.165, 1.54) is 19.4 Å². The molecule has 4 rings (SSSR count). The van der Waals surface area contributed by atoms with Crippen LogP contribution in [0.3, 0.4) is 0 Å². The Kier molecular flexibility index (Phi) is 5.39. The predicted octanol–water partition coefficient (Wildman–Crippen LogP) is 5.07. The molecule has 0 amide bonds. The van der Waals surface area contributed by atoms with Crippen molar-refractivity contribution in [3.05, 3.63) is 77.2 Å². The van der Waals surface area contributed by atoms with Crippen molar-refractivity contribution in [1.29, 1.82) is 5.26 Å². The number of carbonyl (C=O) groups is 1. The van der Waals surface area contributed by atoms with Gasteiger partial charge >= 0.3 is 5.97 Å². The van der Waals surface area contributed by atoms with Gasteiger partial charge in [-0.05, 0) is 43.7 Å². The number of hydrogen-bond donors (Lipinski definition) is 2. The normalized spacial score (nSPS) is 10.6. The van der Waals surface area contributed by atoms with Crippen LogP contribution < -0.4 is 10.1 Å². The summed E-state index contributed by atoms with van der Waals surface area (Å²) in [5.74, 6) is 0.299. The molecule has 2 aromatic carbocycles. The SMILES string of the molecule is COc1ccc(Nc2c(-c3cc(C#N)co3)c(C)nn2-c2ccccc2C)c(C(=O)O)c1. The van der Waals surface area contributed by atoms with Crippen LogP contribution in [0, 0.1) is 25.2 Å². The summed E-state index contributed by atoms with van der Waals surface area (Å²) in [5.41, 5.74) is 3.87. The topological polar surface area (TPSA) is 113 Å². The second-order valence-electron chi connectivity index (χ2n) is 7.16. The van der Waals surface area contributed by atoms with Gasteiger partial charge in [0.1, 0.15) is 29.7 Å². The first-order chi connectivity index (χ1) is 15.4. The molecular formula is C24H20N4O4. The summed E-state index contributed by atoms with van der Waals surface area (Å²) in [4.78, 5) is 11.9. The lowest BCUT2D eigenvalue weighted by atomic mass is 10.1. The van der Waals surface area contributed by atoms with Gasteiger partial charge in [0.25, 0.3) is 0 Å². The zero-order valence-corrected chi connectivity index (χ0v) is 17.7. The molecule has 8 heteroatoms. The third-order valence-electron chi connectivity index (χ3n) is 5.09. The molecule has 0 atom stereocenters. The van der Waals surface area contributed by atoms with Crippen LogP contribution >= 0.6 is 0 Å². The minimum atomic E-state index is -1.10. The van der Waals surface area contributed by atoms with E-state index in [-0.39, 0.29) is 5.56 Å². The first-order valence-corrected chi connectivity index (χ1v) is 9.76. The molecule has 0 fully saturated rings. The van der Waals surface area contributed by atoms with Crippen LogP contribution in [0.4, 0.5) is 11.5 Å². The number of carboxylic acid groups (broad SMARTS) is 1. The number of nitriles is 1. The molecular weight excluding hydrogens is 408 g/mol. The van der Waals surface area contributed by atoms with Gasteiger partial charge in [-0.1, -0.05) is 18.2 Å². The highest BCUT2D eigenvalue weighted by Gasteiger charge is 2.23. The molecule has 2 aromatic heterocycles. The molecule has 0 saturated heterocycles. The molecule has 0 aliphatic heterocycles. The number of aromatic nitrogens is 2. The van der Waals surface area contributed by atoms with Gasteiger partial charge in [0.2, 0.25) is 0 Å². The van der Waals surface area contributed by atoms with Crippen LogP contribution in [0.5, 0.6) is 5.75 Å². The Bertz CT molecular complexity index is 1360. The standard InChI is InChI=1S/C24H20N4O4/c1-14-6-4-5-7-20(14)28-23(22(15(2)27-28)21-10-16(12-25)13-32-21)26-19-9-8-17(31-3)11-18(19)24(29)30/h4-11,13,26H,1-3H3,(H,29,30). The van der Waals surface area contributed by atoms with E-state index < -0.39 is 5.97 Å². The van der Waals surface area contributed by atoms with Gasteiger partial charge in [0.05, 0.1) is 40.9 Å². The third kappa shape index (κ3) is 3.68. The number of aromatic carboxylic acids is 1. The smallest absolute Gasteiger partial charge is 0.337 e. The molecule has 0 saturated carbocycles. The highest BCUT2D eigenvalue weighted by atomic mass is 16.5. The van der Waals surface area contributed by atoms with Crippen molar-refractivity contribution in [1.82, 2.24) is 9.78 Å². The van der Waals surface area contributed by atoms with Gasteiger partial charge in [0.15, 0.2) is 0 Å². The third-order valence-corrected chi connectivity index (χ3v) is 5.09. The minimum absolute atomic E-state index is 0.0441. The molecule has 2 N–H and O–H groups in total. The van der Waals surface area contributed by atoms with Crippen LogP contribution in [0.2, 0.25) is 0 Å². The Morgan fingerprint density at radius 2 is 2.00 bits per heavy atom. The van der Waals surface area contributed by atoms with Crippen molar-refractivity contribution in [2.45, 2.75) is 13.8 Å². The largest absolute Gasteiger partial charge is 0.497 e. The number of hydrogen-bond acceptors (Lipinski definition) is 6. The summed E-state index contributed by atoms with van der Waals surface area (Å²) in [6, 6.07) is 16.2. The number of benzene rings is 2. The molecule has 0 unspecified atom stereocenters. The van der Waals surface area contributed by atoms with Crippen molar-refractivity contribution in [2.24, 2.45) is 0 Å². The summed E-state index contributed by atoms with van der Waals surface area (Å²) < 4.78 is 12.5. The van der Waals surface area contributed by atoms with Gasteiger partial charge in [-0.15, -0.1) is 0 Å². The van der Waals surface area contributed by atoms with E-state index in [4.69, 9.17) is 14.3 Å². The molecule has 2 heterocycles. The van der Waals surface area contributed by atoms with E-state index in [0.717, 1.165) is 11.3 Å². The van der Waals surface area contributed by atoms with Gasteiger partial charge in [-0.3, -0.25) is 0 Å². The first-order valence-electron chi connectivity index (χ1n) is 9.76. The molecule has 4 aromatic rings. The Hall–Kier alpha value is -4.51. The first kappa shape index (κ1) is 20.8. The second-order valence-corrected chi connectivity index (χ2v) is 7.16. The maximum absolute atomic E-state index is 11.9. The van der Waals surface area contributed by atoms with Crippen molar-refractivity contribution >= 4 is 17.5 Å². The lowest BCUT2D eigenvalue weighted by Crippen LogP contribution is -2.08. The van der Waals surface area contributed by atoms with E-state index in [1.807, 2.05) is 38.1 Å². The van der Waals surface area contributed by atoms with Crippen LogP contribution in [0.15, 0.2) is 59.2 Å². The summed E-state index contributed by atoms with van der Waals surface area (Å²) in [6.07, 6.45) is 1.37. The summed E-state index contributed by atoms with van der Waals surface area (Å²) in [7, 11) is 1.48. The average Bonchev–Trinajstić information content (AvgIpc) is 3.38. The summed E-state index contributed by atoms with van der Waals surface area (Å²) in [6.45, 7) is 3.79. The van der Waals surface area contributed by atoms with Crippen molar-refractivity contribution in [3.63, 3.8) is 0 Å². The average molecular weight is 428 g/mol. The van der Waals surface area contributed by atoms with Gasteiger partial charge in [-0.25, -0.2) is 9.48 Å². The summed E-state index contributed by atoms with van der Waals surface area (Å²) >= 11 is 0. The minimum Gasteiger partial charge on any atom is -0.497 e. The monoisotopic (exact) mass is 428 g/mol. The van der Waals surface area contributed by atoms with Crippen molar-refractivity contribution < 1.29 is 19.1 Å². The van der Waals surface area contributed by atoms with E-state index in [2.05, 4.69) is 11.4 Å². The molecule has 160 valence electrons. The van der Waals surface area contributed by atoms with Crippen LogP contribution in [-0.2, 0) is 0 Å². The van der Waals surface area contributed by atoms with Gasteiger partial charge in [0, 0.05) is 6.07 Å². The Balaban J connectivity index is 1.95. The van der Waals surface area contributed by atoms with Crippen molar-refractivity contribution in [2.75, 3.05) is 12.4 Å². The van der Waals surface area contributed by atoms with Crippen molar-refractivity contribution in [3.8, 4) is 28.8 Å². The molecule has 0 aliphatic rings. The maximum atomic E-state index is 11.9. The lowest BCUT2D eigenvalue weighted by molar-refractivity contribution is 0.0697. The second kappa shape index (κ2) is 8.32. The van der Waals surface area contributed by atoms with Gasteiger partial charge in [-0.2, -0.15) is 10.4 Å². The fourth-order valence-electron chi connectivity index (χ4n) is 3.50. The highest BCUT2D eigenvalue weighted by molar-refractivity contribution is 5.96. The molecule has 8 nitrogen and oxygen atoms in total. The molecule has 0 spiro atoms. The zero-order chi connectivity index (χ0) is 22.8. The molecule has 0 bridgehead atoms. The number of carboxylic acids is 1. The number of methoxy groups -OCH3 is 1. The Morgan fingerprint density at radius 3 is 2.66 bits per heavy atom. The molecule has 0 radical (unpaired) electrons. The quantitative estimate of drug-likeness (QED) is 0.441. The van der Waals surface area contributed by atoms with Crippen LogP contribution in [-0.4, -0.2) is 28.0 Å². The van der Waals surface area contributed by atoms with E-state index in [0.29, 0.717) is 39.8 Å². The Labute approximate surface area is 184 Å². The van der Waals surface area contributed by atoms with E-state index in [1.54, 1.807) is 22.9 Å². The van der Waals surface area contributed by atoms with Gasteiger partial charge < -0.3 is 19.6 Å². The number of nitrogens with one attached hydrogen (secondary N) is 1. The predicted molar refractivity (Wildman–Crippen MR) is 119 cm³/mol. The number of para-hydroxylation sites is 1. The number of ether oxygens (including phenoxy) is 1. The Morgan fingerprint density at radius 1 is 1.22 bits per heavy atom. The van der Waals surface area contributed by atoms with Crippen LogP contribution in [0.1, 0.15) is 27.2 Å². The number of nitrogens with zero attached hydrogens (tertiary/aromatic N) is 3. The number of rotatable bonds is 6. The fraction of sp³-hybridized carbons (Fsp3) is 0.125. The zero-order valence-electron chi connectivity index (χ0n) is 17.7. The van der Waals surface area contributed by atoms with E-state index in [9.17, 15) is 15.2 Å². The van der Waals surface area contributed by atoms with Crippen LogP contribution in [0.25, 0.3) is 17.0 Å². The maximum Gasteiger partial charge on any atom is 0.337 e. The number of aryl methyl sites for hydroxylation is 2. The summed E-state index contributed by atoms with van der Waals surface area (Å²) in [5, 5.41) is 26.9. The fourth-order valence-corrected chi connectivity index (χ4v) is 3.50. The molecule has 0 aliphatic carbocycles. The molecule has 32 heavy (non-hydrogen) atoms. The van der Waals surface area contributed by atoms with E-state index >= 15 is 0 Å². The number of furan rings is 1. The highest BCUT2D eigenvalue weighted by Crippen LogP contribution is 2.38.